The third-order valence-electron chi connectivity index (χ3n) is 3.11. The average Bonchev–Trinajstić information content (AvgIpc) is 2.33. The van der Waals surface area contributed by atoms with E-state index in [1.165, 1.54) is 19.3 Å². The van der Waals surface area contributed by atoms with Crippen molar-refractivity contribution in [3.05, 3.63) is 11.9 Å². The SMILES string of the molecule is CCCc1c(N)ncnc1N1CCCCC1. The third kappa shape index (κ3) is 2.26. The lowest BCUT2D eigenvalue weighted by Gasteiger charge is -2.29. The maximum Gasteiger partial charge on any atom is 0.137 e. The molecule has 2 heterocycles. The summed E-state index contributed by atoms with van der Waals surface area (Å²) in [6.45, 7) is 4.37. The minimum absolute atomic E-state index is 0.650. The first kappa shape index (κ1) is 11.2. The van der Waals surface area contributed by atoms with Gasteiger partial charge in [0.25, 0.3) is 0 Å². The second-order valence-corrected chi connectivity index (χ2v) is 4.36. The smallest absolute Gasteiger partial charge is 0.137 e. The number of piperidine rings is 1. The molecule has 1 aliphatic heterocycles. The van der Waals surface area contributed by atoms with Crippen LogP contribution < -0.4 is 10.6 Å². The van der Waals surface area contributed by atoms with E-state index in [4.69, 9.17) is 5.73 Å². The minimum Gasteiger partial charge on any atom is -0.383 e. The highest BCUT2D eigenvalue weighted by Gasteiger charge is 2.17. The van der Waals surface area contributed by atoms with E-state index in [9.17, 15) is 0 Å². The summed E-state index contributed by atoms with van der Waals surface area (Å²) in [5.74, 6) is 1.71. The predicted octanol–water partition coefficient (Wildman–Crippen LogP) is 2.00. The number of anilines is 2. The van der Waals surface area contributed by atoms with Crippen molar-refractivity contribution in [3.63, 3.8) is 0 Å². The van der Waals surface area contributed by atoms with Crippen LogP contribution in [0, 0.1) is 0 Å². The molecule has 0 atom stereocenters. The molecule has 4 nitrogen and oxygen atoms in total. The predicted molar refractivity (Wildman–Crippen MR) is 66.5 cm³/mol. The monoisotopic (exact) mass is 220 g/mol. The zero-order valence-corrected chi connectivity index (χ0v) is 9.95. The van der Waals surface area contributed by atoms with Crippen LogP contribution in [0.4, 0.5) is 11.6 Å². The molecule has 1 aromatic heterocycles. The van der Waals surface area contributed by atoms with Crippen LogP contribution in [-0.4, -0.2) is 23.1 Å². The van der Waals surface area contributed by atoms with Crippen molar-refractivity contribution >= 4 is 11.6 Å². The fraction of sp³-hybridized carbons (Fsp3) is 0.667. The zero-order chi connectivity index (χ0) is 11.4. The summed E-state index contributed by atoms with van der Waals surface area (Å²) >= 11 is 0. The Labute approximate surface area is 96.9 Å². The van der Waals surface area contributed by atoms with Gasteiger partial charge in [0.2, 0.25) is 0 Å². The van der Waals surface area contributed by atoms with Gasteiger partial charge in [0.05, 0.1) is 0 Å². The minimum atomic E-state index is 0.650. The van der Waals surface area contributed by atoms with E-state index in [2.05, 4.69) is 21.8 Å². The van der Waals surface area contributed by atoms with Gasteiger partial charge in [-0.1, -0.05) is 13.3 Å². The van der Waals surface area contributed by atoms with Crippen LogP contribution in [-0.2, 0) is 6.42 Å². The van der Waals surface area contributed by atoms with Gasteiger partial charge in [-0.05, 0) is 25.7 Å². The lowest BCUT2D eigenvalue weighted by Crippen LogP contribution is -2.31. The highest BCUT2D eigenvalue weighted by Crippen LogP contribution is 2.25. The van der Waals surface area contributed by atoms with Crippen LogP contribution in [0.1, 0.15) is 38.2 Å². The second-order valence-electron chi connectivity index (χ2n) is 4.36. The lowest BCUT2D eigenvalue weighted by molar-refractivity contribution is 0.571. The molecule has 0 amide bonds. The van der Waals surface area contributed by atoms with E-state index in [0.29, 0.717) is 5.82 Å². The number of nitrogens with zero attached hydrogens (tertiary/aromatic N) is 3. The van der Waals surface area contributed by atoms with E-state index in [0.717, 1.165) is 37.3 Å². The summed E-state index contributed by atoms with van der Waals surface area (Å²) in [5.41, 5.74) is 7.07. The summed E-state index contributed by atoms with van der Waals surface area (Å²) < 4.78 is 0. The van der Waals surface area contributed by atoms with Crippen molar-refractivity contribution in [1.82, 2.24) is 9.97 Å². The molecule has 1 aromatic rings. The molecule has 0 bridgehead atoms. The fourth-order valence-electron chi connectivity index (χ4n) is 2.28. The Morgan fingerprint density at radius 1 is 1.25 bits per heavy atom. The Kier molecular flexibility index (Phi) is 3.59. The number of nitrogen functional groups attached to an aromatic ring is 1. The molecule has 0 saturated carbocycles. The summed E-state index contributed by atoms with van der Waals surface area (Å²) in [5, 5.41) is 0. The summed E-state index contributed by atoms with van der Waals surface area (Å²) in [6.07, 6.45) is 7.49. The number of aromatic nitrogens is 2. The molecule has 2 N–H and O–H groups in total. The Bertz CT molecular complexity index is 345. The molecule has 0 aromatic carbocycles. The number of hydrogen-bond acceptors (Lipinski definition) is 4. The van der Waals surface area contributed by atoms with Crippen LogP contribution >= 0.6 is 0 Å². The standard InChI is InChI=1S/C12H20N4/c1-2-6-10-11(13)14-9-15-12(10)16-7-4-3-5-8-16/h9H,2-8H2,1H3,(H2,13,14,15). The molecule has 16 heavy (non-hydrogen) atoms. The summed E-state index contributed by atoms with van der Waals surface area (Å²) in [6, 6.07) is 0. The highest BCUT2D eigenvalue weighted by atomic mass is 15.2. The van der Waals surface area contributed by atoms with Gasteiger partial charge in [0.15, 0.2) is 0 Å². The molecule has 1 fully saturated rings. The number of hydrogen-bond donors (Lipinski definition) is 1. The van der Waals surface area contributed by atoms with E-state index in [1.54, 1.807) is 6.33 Å². The Morgan fingerprint density at radius 2 is 2.00 bits per heavy atom. The van der Waals surface area contributed by atoms with Crippen LogP contribution in [0.2, 0.25) is 0 Å². The van der Waals surface area contributed by atoms with Crippen LogP contribution in [0.3, 0.4) is 0 Å². The largest absolute Gasteiger partial charge is 0.383 e. The van der Waals surface area contributed by atoms with Crippen LogP contribution in [0.25, 0.3) is 0 Å². The quantitative estimate of drug-likeness (QED) is 0.846. The van der Waals surface area contributed by atoms with Gasteiger partial charge in [-0.25, -0.2) is 9.97 Å². The molecule has 1 saturated heterocycles. The number of rotatable bonds is 3. The maximum atomic E-state index is 5.94. The molecule has 1 aliphatic rings. The van der Waals surface area contributed by atoms with Crippen molar-refractivity contribution in [2.24, 2.45) is 0 Å². The Morgan fingerprint density at radius 3 is 2.69 bits per heavy atom. The first-order valence-corrected chi connectivity index (χ1v) is 6.17. The maximum absolute atomic E-state index is 5.94. The zero-order valence-electron chi connectivity index (χ0n) is 9.95. The molecule has 0 spiro atoms. The average molecular weight is 220 g/mol. The Hall–Kier alpha value is -1.32. The Balaban J connectivity index is 2.27. The van der Waals surface area contributed by atoms with Crippen molar-refractivity contribution in [3.8, 4) is 0 Å². The van der Waals surface area contributed by atoms with Crippen LogP contribution in [0.15, 0.2) is 6.33 Å². The first-order valence-electron chi connectivity index (χ1n) is 6.17. The molecule has 0 aliphatic carbocycles. The van der Waals surface area contributed by atoms with Gasteiger partial charge in [-0.2, -0.15) is 0 Å². The number of nitrogens with two attached hydrogens (primary N) is 1. The topological polar surface area (TPSA) is 55.0 Å². The molecular weight excluding hydrogens is 200 g/mol. The van der Waals surface area contributed by atoms with E-state index in [1.807, 2.05) is 0 Å². The highest BCUT2D eigenvalue weighted by molar-refractivity contribution is 5.56. The fourth-order valence-corrected chi connectivity index (χ4v) is 2.28. The van der Waals surface area contributed by atoms with Gasteiger partial charge >= 0.3 is 0 Å². The first-order chi connectivity index (χ1) is 7.83. The molecule has 0 radical (unpaired) electrons. The summed E-state index contributed by atoms with van der Waals surface area (Å²) in [4.78, 5) is 10.9. The van der Waals surface area contributed by atoms with Crippen molar-refractivity contribution < 1.29 is 0 Å². The lowest BCUT2D eigenvalue weighted by atomic mass is 10.1. The molecule has 4 heteroatoms. The van der Waals surface area contributed by atoms with E-state index < -0.39 is 0 Å². The normalized spacial score (nSPS) is 16.4. The molecule has 88 valence electrons. The van der Waals surface area contributed by atoms with Gasteiger partial charge < -0.3 is 10.6 Å². The van der Waals surface area contributed by atoms with Gasteiger partial charge in [-0.3, -0.25) is 0 Å². The molecular formula is C12H20N4. The summed E-state index contributed by atoms with van der Waals surface area (Å²) in [7, 11) is 0. The van der Waals surface area contributed by atoms with E-state index >= 15 is 0 Å². The second kappa shape index (κ2) is 5.14. The van der Waals surface area contributed by atoms with E-state index in [-0.39, 0.29) is 0 Å². The van der Waals surface area contributed by atoms with Crippen LogP contribution in [0.5, 0.6) is 0 Å². The van der Waals surface area contributed by atoms with Crippen molar-refractivity contribution in [1.29, 1.82) is 0 Å². The molecule has 2 rings (SSSR count). The van der Waals surface area contributed by atoms with Crippen molar-refractivity contribution in [2.75, 3.05) is 23.7 Å². The van der Waals surface area contributed by atoms with Gasteiger partial charge in [0.1, 0.15) is 18.0 Å². The third-order valence-corrected chi connectivity index (χ3v) is 3.11. The van der Waals surface area contributed by atoms with Crippen molar-refractivity contribution in [2.45, 2.75) is 39.0 Å². The van der Waals surface area contributed by atoms with Gasteiger partial charge in [0, 0.05) is 18.7 Å². The van der Waals surface area contributed by atoms with Gasteiger partial charge in [-0.15, -0.1) is 0 Å². The molecule has 0 unspecified atom stereocenters.